The molecule has 0 aliphatic carbocycles. The van der Waals surface area contributed by atoms with Crippen LogP contribution in [0.15, 0.2) is 30.3 Å². The molecule has 96 valence electrons. The molecule has 0 aliphatic heterocycles. The number of hydrogen-bond acceptors (Lipinski definition) is 5. The third-order valence-electron chi connectivity index (χ3n) is 2.10. The third kappa shape index (κ3) is 3.20. The van der Waals surface area contributed by atoms with E-state index in [2.05, 4.69) is 19.9 Å². The van der Waals surface area contributed by atoms with Crippen LogP contribution in [0.3, 0.4) is 0 Å². The largest absolute Gasteiger partial charge is 0.466 e. The van der Waals surface area contributed by atoms with E-state index in [1.807, 2.05) is 6.07 Å². The molecule has 8 heteroatoms. The van der Waals surface area contributed by atoms with Gasteiger partial charge in [-0.15, -0.1) is 5.10 Å². The molecule has 0 radical (unpaired) electrons. The number of ether oxygens (including phenoxy) is 1. The summed E-state index contributed by atoms with van der Waals surface area (Å²) in [5.41, 5.74) is 0.691. The van der Waals surface area contributed by atoms with Gasteiger partial charge in [0.1, 0.15) is 0 Å². The molecule has 1 aromatic carbocycles. The fourth-order valence-corrected chi connectivity index (χ4v) is 2.45. The Kier molecular flexibility index (Phi) is 3.47. The molecule has 2 rings (SSSR count). The van der Waals surface area contributed by atoms with E-state index >= 15 is 0 Å². The Morgan fingerprint density at radius 3 is 2.67 bits per heavy atom. The maximum Gasteiger partial charge on any atom is 0.336 e. The quantitative estimate of drug-likeness (QED) is 0.834. The average Bonchev–Trinajstić information content (AvgIpc) is 2.76. The Labute approximate surface area is 104 Å². The average molecular weight is 268 g/mol. The lowest BCUT2D eigenvalue weighted by atomic mass is 10.2. The molecule has 2 N–H and O–H groups in total. The number of sulfonamides is 1. The van der Waals surface area contributed by atoms with Crippen LogP contribution in [0.2, 0.25) is 0 Å². The number of hydrogen-bond donors (Lipinski definition) is 2. The van der Waals surface area contributed by atoms with Gasteiger partial charge in [0.15, 0.2) is 0 Å². The van der Waals surface area contributed by atoms with E-state index < -0.39 is 10.0 Å². The lowest BCUT2D eigenvalue weighted by Gasteiger charge is -2.04. The van der Waals surface area contributed by atoms with Gasteiger partial charge in [-0.3, -0.25) is 4.72 Å². The number of aromatic amines is 1. The lowest BCUT2D eigenvalue weighted by molar-refractivity contribution is 0.382. The summed E-state index contributed by atoms with van der Waals surface area (Å²) in [7, 11) is -2.13. The van der Waals surface area contributed by atoms with E-state index in [1.165, 1.54) is 7.11 Å². The van der Waals surface area contributed by atoms with E-state index in [0.717, 1.165) is 0 Å². The molecule has 0 aliphatic rings. The van der Waals surface area contributed by atoms with Crippen molar-refractivity contribution < 1.29 is 13.2 Å². The van der Waals surface area contributed by atoms with Gasteiger partial charge >= 0.3 is 6.01 Å². The number of methoxy groups -OCH3 is 1. The third-order valence-corrected chi connectivity index (χ3v) is 3.32. The van der Waals surface area contributed by atoms with Gasteiger partial charge in [0.2, 0.25) is 16.0 Å². The van der Waals surface area contributed by atoms with Crippen LogP contribution in [0.1, 0.15) is 5.56 Å². The van der Waals surface area contributed by atoms with E-state index in [9.17, 15) is 8.42 Å². The first-order chi connectivity index (χ1) is 8.59. The Hall–Kier alpha value is -2.09. The molecule has 0 amide bonds. The zero-order valence-corrected chi connectivity index (χ0v) is 10.4. The molecular formula is C10H12N4O3S. The number of rotatable bonds is 5. The number of benzene rings is 1. The molecule has 1 heterocycles. The number of H-pyrrole nitrogens is 1. The van der Waals surface area contributed by atoms with Crippen LogP contribution in [-0.4, -0.2) is 30.7 Å². The minimum Gasteiger partial charge on any atom is -0.466 e. The summed E-state index contributed by atoms with van der Waals surface area (Å²) >= 11 is 0. The van der Waals surface area contributed by atoms with Crippen molar-refractivity contribution in [1.82, 2.24) is 15.2 Å². The summed E-state index contributed by atoms with van der Waals surface area (Å²) in [5.74, 6) is -0.0978. The highest BCUT2D eigenvalue weighted by atomic mass is 32.2. The Balaban J connectivity index is 2.08. The van der Waals surface area contributed by atoms with Crippen molar-refractivity contribution in [2.75, 3.05) is 11.8 Å². The zero-order chi connectivity index (χ0) is 13.0. The van der Waals surface area contributed by atoms with Gasteiger partial charge in [0.05, 0.1) is 12.9 Å². The van der Waals surface area contributed by atoms with Crippen molar-refractivity contribution in [2.45, 2.75) is 5.75 Å². The van der Waals surface area contributed by atoms with Gasteiger partial charge in [-0.25, -0.2) is 13.5 Å². The molecule has 0 atom stereocenters. The topological polar surface area (TPSA) is 97.0 Å². The van der Waals surface area contributed by atoms with Gasteiger partial charge < -0.3 is 4.74 Å². The number of anilines is 1. The number of nitrogens with one attached hydrogen (secondary N) is 2. The normalized spacial score (nSPS) is 11.2. The van der Waals surface area contributed by atoms with Crippen LogP contribution < -0.4 is 9.46 Å². The fourth-order valence-electron chi connectivity index (χ4n) is 1.36. The molecule has 0 saturated heterocycles. The second-order valence-electron chi connectivity index (χ2n) is 3.52. The van der Waals surface area contributed by atoms with Gasteiger partial charge in [-0.2, -0.15) is 4.98 Å². The zero-order valence-electron chi connectivity index (χ0n) is 9.62. The van der Waals surface area contributed by atoms with E-state index in [-0.39, 0.29) is 17.7 Å². The molecular weight excluding hydrogens is 256 g/mol. The summed E-state index contributed by atoms with van der Waals surface area (Å²) in [6.45, 7) is 0. The first-order valence-corrected chi connectivity index (χ1v) is 6.75. The van der Waals surface area contributed by atoms with E-state index in [0.29, 0.717) is 5.56 Å². The highest BCUT2D eigenvalue weighted by molar-refractivity contribution is 7.91. The van der Waals surface area contributed by atoms with Gasteiger partial charge in [0, 0.05) is 0 Å². The summed E-state index contributed by atoms with van der Waals surface area (Å²) in [4.78, 5) is 3.78. The highest BCUT2D eigenvalue weighted by Gasteiger charge is 2.14. The van der Waals surface area contributed by atoms with Gasteiger partial charge in [-0.1, -0.05) is 30.3 Å². The second-order valence-corrected chi connectivity index (χ2v) is 5.24. The molecule has 18 heavy (non-hydrogen) atoms. The first kappa shape index (κ1) is 12.4. The van der Waals surface area contributed by atoms with Crippen LogP contribution >= 0.6 is 0 Å². The van der Waals surface area contributed by atoms with Crippen LogP contribution in [0.25, 0.3) is 0 Å². The maximum atomic E-state index is 11.8. The smallest absolute Gasteiger partial charge is 0.336 e. The standard InChI is InChI=1S/C10H12N4O3S/c1-17-10-11-9(12-13-10)14-18(15,16)7-8-5-3-2-4-6-8/h2-6H,7H2,1H3,(H2,11,12,13,14). The van der Waals surface area contributed by atoms with Crippen molar-refractivity contribution in [3.05, 3.63) is 35.9 Å². The number of aromatic nitrogens is 3. The van der Waals surface area contributed by atoms with Crippen molar-refractivity contribution in [3.63, 3.8) is 0 Å². The van der Waals surface area contributed by atoms with Crippen LogP contribution in [0.4, 0.5) is 5.95 Å². The minimum atomic E-state index is -3.52. The van der Waals surface area contributed by atoms with Crippen LogP contribution in [0, 0.1) is 0 Å². The first-order valence-electron chi connectivity index (χ1n) is 5.10. The summed E-state index contributed by atoms with van der Waals surface area (Å²) < 4.78 is 30.7. The molecule has 0 bridgehead atoms. The van der Waals surface area contributed by atoms with E-state index in [4.69, 9.17) is 4.74 Å². The van der Waals surface area contributed by atoms with Gasteiger partial charge in [0.25, 0.3) is 0 Å². The Bertz CT molecular complexity index is 609. The molecule has 2 aromatic rings. The monoisotopic (exact) mass is 268 g/mol. The summed E-state index contributed by atoms with van der Waals surface area (Å²) in [5, 5.41) is 6.06. The molecule has 1 aromatic heterocycles. The molecule has 0 unspecified atom stereocenters. The summed E-state index contributed by atoms with van der Waals surface area (Å²) in [6, 6.07) is 8.93. The van der Waals surface area contributed by atoms with E-state index in [1.54, 1.807) is 24.3 Å². The molecule has 0 spiro atoms. The van der Waals surface area contributed by atoms with Crippen molar-refractivity contribution in [1.29, 1.82) is 0 Å². The fraction of sp³-hybridized carbons (Fsp3) is 0.200. The second kappa shape index (κ2) is 5.05. The van der Waals surface area contributed by atoms with Crippen LogP contribution in [0.5, 0.6) is 6.01 Å². The highest BCUT2D eigenvalue weighted by Crippen LogP contribution is 2.10. The van der Waals surface area contributed by atoms with Crippen molar-refractivity contribution in [2.24, 2.45) is 0 Å². The van der Waals surface area contributed by atoms with Crippen LogP contribution in [-0.2, 0) is 15.8 Å². The number of nitrogens with zero attached hydrogens (tertiary/aromatic N) is 2. The lowest BCUT2D eigenvalue weighted by Crippen LogP contribution is -2.16. The predicted octanol–water partition coefficient (Wildman–Crippen LogP) is 0.755. The maximum absolute atomic E-state index is 11.8. The SMILES string of the molecule is COc1n[nH]c(NS(=O)(=O)Cc2ccccc2)n1. The molecule has 0 fully saturated rings. The van der Waals surface area contributed by atoms with Crippen molar-refractivity contribution in [3.8, 4) is 6.01 Å². The minimum absolute atomic E-state index is 0.0304. The Morgan fingerprint density at radius 2 is 2.06 bits per heavy atom. The predicted molar refractivity (Wildman–Crippen MR) is 65.6 cm³/mol. The molecule has 0 saturated carbocycles. The van der Waals surface area contributed by atoms with Crippen molar-refractivity contribution >= 4 is 16.0 Å². The summed E-state index contributed by atoms with van der Waals surface area (Å²) in [6.07, 6.45) is 0. The Morgan fingerprint density at radius 1 is 1.33 bits per heavy atom. The van der Waals surface area contributed by atoms with Gasteiger partial charge in [-0.05, 0) is 5.56 Å². The molecule has 7 nitrogen and oxygen atoms in total.